The fraction of sp³-hybridized carbons (Fsp3) is 0.562. The summed E-state index contributed by atoms with van der Waals surface area (Å²) in [5.41, 5.74) is 0.888. The van der Waals surface area contributed by atoms with Gasteiger partial charge < -0.3 is 19.5 Å². The van der Waals surface area contributed by atoms with Crippen LogP contribution in [0.15, 0.2) is 18.2 Å². The zero-order valence-corrected chi connectivity index (χ0v) is 12.7. The third-order valence-corrected chi connectivity index (χ3v) is 4.03. The van der Waals surface area contributed by atoms with E-state index in [4.69, 9.17) is 9.47 Å². The minimum absolute atomic E-state index is 0.119. The van der Waals surface area contributed by atoms with E-state index in [1.807, 2.05) is 12.1 Å². The molecule has 1 N–H and O–H groups in total. The van der Waals surface area contributed by atoms with Crippen molar-refractivity contribution in [3.05, 3.63) is 23.8 Å². The molecule has 2 rings (SSSR count). The van der Waals surface area contributed by atoms with Gasteiger partial charge in [0.05, 0.1) is 14.2 Å². The van der Waals surface area contributed by atoms with Crippen molar-refractivity contribution >= 4 is 6.09 Å². The molecular formula is C16H23NO4. The number of carbonyl (C=O) groups is 1. The van der Waals surface area contributed by atoms with Gasteiger partial charge in [0.25, 0.3) is 0 Å². The molecule has 116 valence electrons. The van der Waals surface area contributed by atoms with Crippen LogP contribution in [0.25, 0.3) is 0 Å². The van der Waals surface area contributed by atoms with Crippen molar-refractivity contribution in [3.63, 3.8) is 0 Å². The summed E-state index contributed by atoms with van der Waals surface area (Å²) in [4.78, 5) is 13.1. The largest absolute Gasteiger partial charge is 0.497 e. The molecule has 1 aliphatic carbocycles. The molecule has 0 spiro atoms. The van der Waals surface area contributed by atoms with Crippen molar-refractivity contribution in [2.24, 2.45) is 0 Å². The number of hydrogen-bond acceptors (Lipinski definition) is 3. The molecule has 5 heteroatoms. The van der Waals surface area contributed by atoms with Crippen molar-refractivity contribution in [1.82, 2.24) is 4.90 Å². The van der Waals surface area contributed by atoms with E-state index in [2.05, 4.69) is 0 Å². The zero-order valence-electron chi connectivity index (χ0n) is 12.7. The van der Waals surface area contributed by atoms with Gasteiger partial charge in [-0.05, 0) is 30.5 Å². The number of hydrogen-bond donors (Lipinski definition) is 1. The lowest BCUT2D eigenvalue weighted by molar-refractivity contribution is 0.107. The minimum atomic E-state index is -0.858. The van der Waals surface area contributed by atoms with E-state index in [1.54, 1.807) is 25.2 Å². The van der Waals surface area contributed by atoms with Gasteiger partial charge in [0.15, 0.2) is 0 Å². The topological polar surface area (TPSA) is 59.0 Å². The van der Waals surface area contributed by atoms with Crippen LogP contribution in [0.1, 0.15) is 37.7 Å². The SMILES string of the molecule is COc1cc(CN(C(=O)O)C2CCCCC2)cc(OC)c1. The lowest BCUT2D eigenvalue weighted by atomic mass is 9.94. The number of ether oxygens (including phenoxy) is 2. The van der Waals surface area contributed by atoms with Crippen molar-refractivity contribution in [3.8, 4) is 11.5 Å². The predicted molar refractivity (Wildman–Crippen MR) is 80.0 cm³/mol. The highest BCUT2D eigenvalue weighted by molar-refractivity contribution is 5.65. The smallest absolute Gasteiger partial charge is 0.407 e. The molecule has 0 saturated heterocycles. The average Bonchev–Trinajstić information content (AvgIpc) is 2.52. The highest BCUT2D eigenvalue weighted by Crippen LogP contribution is 2.27. The first kappa shape index (κ1) is 15.5. The molecule has 1 amide bonds. The molecule has 1 aliphatic rings. The molecule has 1 aromatic carbocycles. The summed E-state index contributed by atoms with van der Waals surface area (Å²) in [6, 6.07) is 5.63. The van der Waals surface area contributed by atoms with E-state index in [0.29, 0.717) is 18.0 Å². The van der Waals surface area contributed by atoms with Crippen molar-refractivity contribution in [1.29, 1.82) is 0 Å². The Kier molecular flexibility index (Phi) is 5.31. The number of rotatable bonds is 5. The fourth-order valence-electron chi connectivity index (χ4n) is 2.90. The van der Waals surface area contributed by atoms with Gasteiger partial charge in [-0.1, -0.05) is 19.3 Å². The summed E-state index contributed by atoms with van der Waals surface area (Å²) in [5.74, 6) is 1.36. The third-order valence-electron chi connectivity index (χ3n) is 4.03. The number of nitrogens with zero attached hydrogens (tertiary/aromatic N) is 1. The highest BCUT2D eigenvalue weighted by atomic mass is 16.5. The quantitative estimate of drug-likeness (QED) is 0.902. The Balaban J connectivity index is 2.17. The Hall–Kier alpha value is -1.91. The third kappa shape index (κ3) is 4.03. The van der Waals surface area contributed by atoms with Gasteiger partial charge in [0.2, 0.25) is 0 Å². The van der Waals surface area contributed by atoms with E-state index >= 15 is 0 Å². The Bertz CT molecular complexity index is 461. The summed E-state index contributed by atoms with van der Waals surface area (Å²) in [7, 11) is 3.18. The lowest BCUT2D eigenvalue weighted by Gasteiger charge is -2.32. The van der Waals surface area contributed by atoms with Gasteiger partial charge in [-0.2, -0.15) is 0 Å². The Morgan fingerprint density at radius 1 is 1.14 bits per heavy atom. The van der Waals surface area contributed by atoms with Gasteiger partial charge in [-0.3, -0.25) is 0 Å². The molecule has 0 aromatic heterocycles. The predicted octanol–water partition coefficient (Wildman–Crippen LogP) is 3.52. The van der Waals surface area contributed by atoms with Crippen LogP contribution in [-0.2, 0) is 6.54 Å². The normalized spacial score (nSPS) is 15.5. The second-order valence-corrected chi connectivity index (χ2v) is 5.42. The van der Waals surface area contributed by atoms with Crippen LogP contribution in [0.3, 0.4) is 0 Å². The second kappa shape index (κ2) is 7.20. The maximum Gasteiger partial charge on any atom is 0.407 e. The maximum absolute atomic E-state index is 11.6. The van der Waals surface area contributed by atoms with Crippen LogP contribution >= 0.6 is 0 Å². The van der Waals surface area contributed by atoms with Crippen molar-refractivity contribution in [2.45, 2.75) is 44.7 Å². The summed E-state index contributed by atoms with van der Waals surface area (Å²) in [6.07, 6.45) is 4.47. The molecule has 0 bridgehead atoms. The number of methoxy groups -OCH3 is 2. The average molecular weight is 293 g/mol. The summed E-state index contributed by atoms with van der Waals surface area (Å²) in [5, 5.41) is 9.50. The molecule has 5 nitrogen and oxygen atoms in total. The zero-order chi connectivity index (χ0) is 15.2. The van der Waals surface area contributed by atoms with Gasteiger partial charge in [0.1, 0.15) is 11.5 Å². The monoisotopic (exact) mass is 293 g/mol. The van der Waals surface area contributed by atoms with Gasteiger partial charge in [-0.25, -0.2) is 4.79 Å². The molecule has 0 unspecified atom stereocenters. The summed E-state index contributed by atoms with van der Waals surface area (Å²) < 4.78 is 10.5. The second-order valence-electron chi connectivity index (χ2n) is 5.42. The molecular weight excluding hydrogens is 270 g/mol. The molecule has 0 heterocycles. The minimum Gasteiger partial charge on any atom is -0.497 e. The fourth-order valence-corrected chi connectivity index (χ4v) is 2.90. The van der Waals surface area contributed by atoms with E-state index in [9.17, 15) is 9.90 Å². The van der Waals surface area contributed by atoms with Crippen molar-refractivity contribution < 1.29 is 19.4 Å². The van der Waals surface area contributed by atoms with Crippen LogP contribution in [0.5, 0.6) is 11.5 Å². The van der Waals surface area contributed by atoms with Gasteiger partial charge in [-0.15, -0.1) is 0 Å². The lowest BCUT2D eigenvalue weighted by Crippen LogP contribution is -2.40. The van der Waals surface area contributed by atoms with Crippen LogP contribution in [0.2, 0.25) is 0 Å². The Morgan fingerprint density at radius 3 is 2.19 bits per heavy atom. The summed E-state index contributed by atoms with van der Waals surface area (Å²) in [6.45, 7) is 0.369. The molecule has 1 aromatic rings. The first-order valence-electron chi connectivity index (χ1n) is 7.35. The van der Waals surface area contributed by atoms with Crippen LogP contribution in [0.4, 0.5) is 4.79 Å². The highest BCUT2D eigenvalue weighted by Gasteiger charge is 2.25. The molecule has 0 atom stereocenters. The van der Waals surface area contributed by atoms with Crippen molar-refractivity contribution in [2.75, 3.05) is 14.2 Å². The van der Waals surface area contributed by atoms with E-state index in [1.165, 1.54) is 6.42 Å². The van der Waals surface area contributed by atoms with E-state index < -0.39 is 6.09 Å². The van der Waals surface area contributed by atoms with E-state index in [-0.39, 0.29) is 6.04 Å². The van der Waals surface area contributed by atoms with Crippen LogP contribution in [0, 0.1) is 0 Å². The first-order valence-corrected chi connectivity index (χ1v) is 7.35. The number of carboxylic acid groups (broad SMARTS) is 1. The molecule has 0 aliphatic heterocycles. The molecule has 1 saturated carbocycles. The van der Waals surface area contributed by atoms with Gasteiger partial charge >= 0.3 is 6.09 Å². The van der Waals surface area contributed by atoms with Crippen LogP contribution in [-0.4, -0.2) is 36.4 Å². The van der Waals surface area contributed by atoms with Gasteiger partial charge in [0, 0.05) is 18.7 Å². The first-order chi connectivity index (χ1) is 10.1. The molecule has 1 fully saturated rings. The molecule has 0 radical (unpaired) electrons. The number of amides is 1. The Morgan fingerprint density at radius 2 is 1.71 bits per heavy atom. The number of benzene rings is 1. The molecule has 21 heavy (non-hydrogen) atoms. The maximum atomic E-state index is 11.6. The van der Waals surface area contributed by atoms with E-state index in [0.717, 1.165) is 31.2 Å². The van der Waals surface area contributed by atoms with Crippen LogP contribution < -0.4 is 9.47 Å². The standard InChI is InChI=1S/C16H23NO4/c1-20-14-8-12(9-15(10-14)21-2)11-17(16(18)19)13-6-4-3-5-7-13/h8-10,13H,3-7,11H2,1-2H3,(H,18,19). The summed E-state index contributed by atoms with van der Waals surface area (Å²) >= 11 is 0. The Labute approximate surface area is 125 Å².